The first-order chi connectivity index (χ1) is 7.17. The van der Waals surface area contributed by atoms with E-state index in [4.69, 9.17) is 10.5 Å². The molecule has 0 atom stereocenters. The third-order valence-corrected chi connectivity index (χ3v) is 1.94. The molecule has 0 saturated carbocycles. The second-order valence-corrected chi connectivity index (χ2v) is 3.07. The predicted octanol–water partition coefficient (Wildman–Crippen LogP) is 2.17. The number of pyridine rings is 1. The minimum atomic E-state index is -2.48. The molecule has 1 aromatic heterocycles. The molecule has 1 rings (SSSR count). The van der Waals surface area contributed by atoms with Crippen molar-refractivity contribution < 1.29 is 13.5 Å². The van der Waals surface area contributed by atoms with Gasteiger partial charge in [0.05, 0.1) is 0 Å². The average molecular weight is 253 g/mol. The van der Waals surface area contributed by atoms with Gasteiger partial charge in [0.2, 0.25) is 5.88 Å². The number of hydrogen-bond donors (Lipinski definition) is 1. The average Bonchev–Trinajstić information content (AvgIpc) is 2.25. The molecule has 0 radical (unpaired) electrons. The van der Waals surface area contributed by atoms with Crippen molar-refractivity contribution in [2.45, 2.75) is 26.3 Å². The van der Waals surface area contributed by atoms with Crippen LogP contribution >= 0.6 is 12.4 Å². The number of rotatable bonds is 5. The molecule has 3 nitrogen and oxygen atoms in total. The Kier molecular flexibility index (Phi) is 6.92. The summed E-state index contributed by atoms with van der Waals surface area (Å²) in [6.45, 7) is 1.67. The first kappa shape index (κ1) is 15.1. The zero-order chi connectivity index (χ0) is 11.3. The summed E-state index contributed by atoms with van der Waals surface area (Å²) in [5, 5.41) is 0. The van der Waals surface area contributed by atoms with Gasteiger partial charge in [-0.2, -0.15) is 0 Å². The number of nitrogens with zero attached hydrogens (tertiary/aromatic N) is 1. The molecule has 16 heavy (non-hydrogen) atoms. The van der Waals surface area contributed by atoms with Gasteiger partial charge in [-0.1, -0.05) is 6.92 Å². The molecule has 0 aliphatic rings. The van der Waals surface area contributed by atoms with Crippen LogP contribution in [0.25, 0.3) is 0 Å². The minimum absolute atomic E-state index is 0. The van der Waals surface area contributed by atoms with Gasteiger partial charge in [-0.3, -0.25) is 0 Å². The molecule has 2 N–H and O–H groups in total. The predicted molar refractivity (Wildman–Crippen MR) is 60.3 cm³/mol. The van der Waals surface area contributed by atoms with E-state index in [0.717, 1.165) is 11.1 Å². The number of halogens is 3. The molecule has 1 heterocycles. The number of hydrogen-bond acceptors (Lipinski definition) is 3. The summed E-state index contributed by atoms with van der Waals surface area (Å²) in [6.07, 6.45) is -0.259. The molecule has 92 valence electrons. The maximum absolute atomic E-state index is 11.9. The van der Waals surface area contributed by atoms with Crippen molar-refractivity contribution in [3.63, 3.8) is 0 Å². The van der Waals surface area contributed by atoms with E-state index >= 15 is 0 Å². The van der Waals surface area contributed by atoms with Crippen molar-refractivity contribution in [3.8, 4) is 5.88 Å². The fourth-order valence-electron chi connectivity index (χ4n) is 1.18. The highest BCUT2D eigenvalue weighted by Crippen LogP contribution is 2.17. The fraction of sp³-hybridized carbons (Fsp3) is 0.500. The lowest BCUT2D eigenvalue weighted by Gasteiger charge is -2.09. The van der Waals surface area contributed by atoms with Crippen LogP contribution in [0.3, 0.4) is 0 Å². The Hall–Kier alpha value is -0.940. The monoisotopic (exact) mass is 252 g/mol. The van der Waals surface area contributed by atoms with Crippen molar-refractivity contribution in [1.82, 2.24) is 4.98 Å². The van der Waals surface area contributed by atoms with E-state index < -0.39 is 13.0 Å². The fourth-order valence-corrected chi connectivity index (χ4v) is 1.18. The lowest BCUT2D eigenvalue weighted by atomic mass is 10.1. The Balaban J connectivity index is 0.00000225. The lowest BCUT2D eigenvalue weighted by Crippen LogP contribution is -2.10. The van der Waals surface area contributed by atoms with E-state index in [9.17, 15) is 8.78 Å². The van der Waals surface area contributed by atoms with Crippen LogP contribution in [0.1, 0.15) is 18.1 Å². The molecule has 0 fully saturated rings. The largest absolute Gasteiger partial charge is 0.471 e. The van der Waals surface area contributed by atoms with Crippen LogP contribution in [-0.2, 0) is 13.0 Å². The topological polar surface area (TPSA) is 48.1 Å². The van der Waals surface area contributed by atoms with E-state index in [-0.39, 0.29) is 18.3 Å². The van der Waals surface area contributed by atoms with E-state index in [0.29, 0.717) is 13.0 Å². The SMILES string of the molecule is CCc1cc(CN)cnc1OCC(F)F.Cl. The molecule has 0 unspecified atom stereocenters. The van der Waals surface area contributed by atoms with Gasteiger partial charge < -0.3 is 10.5 Å². The van der Waals surface area contributed by atoms with Gasteiger partial charge in [0, 0.05) is 18.3 Å². The normalized spacial score (nSPS) is 10.1. The zero-order valence-electron chi connectivity index (χ0n) is 8.95. The standard InChI is InChI=1S/C10H14F2N2O.ClH/c1-2-8-3-7(4-13)5-14-10(8)15-6-9(11)12;/h3,5,9H,2,4,6,13H2,1H3;1H. The Labute approximate surface area is 99.4 Å². The third kappa shape index (κ3) is 4.28. The molecular weight excluding hydrogens is 238 g/mol. The second kappa shape index (κ2) is 7.35. The molecule has 6 heteroatoms. The van der Waals surface area contributed by atoms with E-state index in [1.807, 2.05) is 13.0 Å². The van der Waals surface area contributed by atoms with Gasteiger partial charge >= 0.3 is 0 Å². The van der Waals surface area contributed by atoms with Gasteiger partial charge in [-0.15, -0.1) is 12.4 Å². The summed E-state index contributed by atoms with van der Waals surface area (Å²) >= 11 is 0. The van der Waals surface area contributed by atoms with Crippen molar-refractivity contribution in [1.29, 1.82) is 0 Å². The molecule has 0 aliphatic heterocycles. The molecule has 0 aliphatic carbocycles. The molecule has 0 aromatic carbocycles. The molecule has 1 aromatic rings. The number of nitrogens with two attached hydrogens (primary N) is 1. The summed E-state index contributed by atoms with van der Waals surface area (Å²) < 4.78 is 28.7. The Morgan fingerprint density at radius 1 is 1.50 bits per heavy atom. The van der Waals surface area contributed by atoms with Crippen LogP contribution in [0.2, 0.25) is 0 Å². The van der Waals surface area contributed by atoms with Gasteiger partial charge in [0.15, 0.2) is 6.61 Å². The van der Waals surface area contributed by atoms with Crippen LogP contribution in [0.5, 0.6) is 5.88 Å². The van der Waals surface area contributed by atoms with Crippen LogP contribution in [0.15, 0.2) is 12.3 Å². The van der Waals surface area contributed by atoms with Gasteiger partial charge in [0.25, 0.3) is 6.43 Å². The van der Waals surface area contributed by atoms with Gasteiger partial charge in [0.1, 0.15) is 0 Å². The van der Waals surface area contributed by atoms with Crippen molar-refractivity contribution in [2.24, 2.45) is 5.73 Å². The Morgan fingerprint density at radius 2 is 2.19 bits per heavy atom. The molecular formula is C10H15ClF2N2O. The summed E-state index contributed by atoms with van der Waals surface area (Å²) in [6, 6.07) is 1.83. The lowest BCUT2D eigenvalue weighted by molar-refractivity contribution is 0.0791. The molecule has 0 spiro atoms. The Bertz CT molecular complexity index is 324. The summed E-state index contributed by atoms with van der Waals surface area (Å²) in [5.41, 5.74) is 7.12. The molecule has 0 amide bonds. The van der Waals surface area contributed by atoms with Gasteiger partial charge in [-0.05, 0) is 18.1 Å². The number of ether oxygens (including phenoxy) is 1. The van der Waals surface area contributed by atoms with Crippen molar-refractivity contribution in [3.05, 3.63) is 23.4 Å². The first-order valence-corrected chi connectivity index (χ1v) is 4.76. The molecule has 0 saturated heterocycles. The van der Waals surface area contributed by atoms with Gasteiger partial charge in [-0.25, -0.2) is 13.8 Å². The van der Waals surface area contributed by atoms with E-state index in [1.54, 1.807) is 6.20 Å². The van der Waals surface area contributed by atoms with E-state index in [2.05, 4.69) is 4.98 Å². The van der Waals surface area contributed by atoms with Crippen LogP contribution in [-0.4, -0.2) is 18.0 Å². The van der Waals surface area contributed by atoms with E-state index in [1.165, 1.54) is 0 Å². The van der Waals surface area contributed by atoms with Crippen LogP contribution in [0.4, 0.5) is 8.78 Å². The van der Waals surface area contributed by atoms with Crippen molar-refractivity contribution in [2.75, 3.05) is 6.61 Å². The highest BCUT2D eigenvalue weighted by molar-refractivity contribution is 5.85. The number of aromatic nitrogens is 1. The van der Waals surface area contributed by atoms with Crippen LogP contribution in [0, 0.1) is 0 Å². The molecule has 0 bridgehead atoms. The smallest absolute Gasteiger partial charge is 0.272 e. The first-order valence-electron chi connectivity index (χ1n) is 4.76. The highest BCUT2D eigenvalue weighted by Gasteiger charge is 2.08. The summed E-state index contributed by atoms with van der Waals surface area (Å²) in [5.74, 6) is 0.273. The van der Waals surface area contributed by atoms with Crippen LogP contribution < -0.4 is 10.5 Å². The minimum Gasteiger partial charge on any atom is -0.471 e. The maximum atomic E-state index is 11.9. The maximum Gasteiger partial charge on any atom is 0.272 e. The zero-order valence-corrected chi connectivity index (χ0v) is 9.77. The second-order valence-electron chi connectivity index (χ2n) is 3.07. The van der Waals surface area contributed by atoms with Crippen molar-refractivity contribution >= 4 is 12.4 Å². The Morgan fingerprint density at radius 3 is 2.69 bits per heavy atom. The third-order valence-electron chi connectivity index (χ3n) is 1.94. The quantitative estimate of drug-likeness (QED) is 0.874. The highest BCUT2D eigenvalue weighted by atomic mass is 35.5. The summed E-state index contributed by atoms with van der Waals surface area (Å²) in [7, 11) is 0. The number of alkyl halides is 2. The summed E-state index contributed by atoms with van der Waals surface area (Å²) in [4.78, 5) is 3.96. The number of aryl methyl sites for hydroxylation is 1.